The number of hydrogen-bond acceptors (Lipinski definition) is 2. The lowest BCUT2D eigenvalue weighted by Gasteiger charge is -2.56. The number of rotatable bonds is 3. The van der Waals surface area contributed by atoms with Crippen molar-refractivity contribution >= 4 is 0 Å². The smallest absolute Gasteiger partial charge is 0.0659 e. The molecule has 1 aromatic carbocycles. The van der Waals surface area contributed by atoms with Gasteiger partial charge in [-0.1, -0.05) is 36.8 Å². The van der Waals surface area contributed by atoms with Gasteiger partial charge in [-0.05, 0) is 18.4 Å². The third-order valence-electron chi connectivity index (χ3n) is 4.79. The molecular weight excluding hydrogens is 234 g/mol. The Morgan fingerprint density at radius 3 is 2.74 bits per heavy atom. The topological polar surface area (TPSA) is 29.9 Å². The van der Waals surface area contributed by atoms with Crippen LogP contribution in [0.15, 0.2) is 42.7 Å². The molecule has 0 bridgehead atoms. The molecule has 1 aliphatic carbocycles. The molecule has 1 saturated heterocycles. The Kier molecular flexibility index (Phi) is 2.49. The van der Waals surface area contributed by atoms with Crippen molar-refractivity contribution in [3.05, 3.63) is 53.9 Å². The highest BCUT2D eigenvalue weighted by Gasteiger charge is 2.51. The first kappa shape index (κ1) is 11.2. The average Bonchev–Trinajstić information content (AvgIpc) is 2.75. The highest BCUT2D eigenvalue weighted by Crippen LogP contribution is 2.55. The number of benzene rings is 1. The largest absolute Gasteiger partial charge is 0.309 e. The van der Waals surface area contributed by atoms with Gasteiger partial charge in [0.2, 0.25) is 0 Å². The molecule has 1 unspecified atom stereocenters. The van der Waals surface area contributed by atoms with Crippen LogP contribution in [0, 0.1) is 5.41 Å². The first-order valence-electron chi connectivity index (χ1n) is 7.15. The van der Waals surface area contributed by atoms with Gasteiger partial charge in [0.1, 0.15) is 0 Å². The fourth-order valence-electron chi connectivity index (χ4n) is 3.45. The molecule has 0 amide bonds. The molecule has 1 saturated carbocycles. The van der Waals surface area contributed by atoms with Crippen LogP contribution < -0.4 is 5.32 Å². The van der Waals surface area contributed by atoms with Gasteiger partial charge in [0.25, 0.3) is 0 Å². The fourth-order valence-corrected chi connectivity index (χ4v) is 3.45. The molecule has 2 heterocycles. The van der Waals surface area contributed by atoms with Crippen molar-refractivity contribution in [1.82, 2.24) is 15.1 Å². The first-order chi connectivity index (χ1) is 9.36. The van der Waals surface area contributed by atoms with Crippen LogP contribution in [0.5, 0.6) is 0 Å². The van der Waals surface area contributed by atoms with Crippen molar-refractivity contribution < 1.29 is 0 Å². The van der Waals surface area contributed by atoms with Gasteiger partial charge >= 0.3 is 0 Å². The second-order valence-electron chi connectivity index (χ2n) is 5.99. The van der Waals surface area contributed by atoms with Crippen LogP contribution in [-0.4, -0.2) is 16.3 Å². The van der Waals surface area contributed by atoms with E-state index < -0.39 is 0 Å². The molecule has 4 rings (SSSR count). The van der Waals surface area contributed by atoms with Crippen LogP contribution >= 0.6 is 0 Å². The van der Waals surface area contributed by atoms with Gasteiger partial charge in [-0.3, -0.25) is 4.68 Å². The highest BCUT2D eigenvalue weighted by atomic mass is 15.3. The minimum absolute atomic E-state index is 0.547. The number of hydrogen-bond donors (Lipinski definition) is 1. The van der Waals surface area contributed by atoms with E-state index in [1.807, 2.05) is 6.20 Å². The zero-order chi connectivity index (χ0) is 12.7. The summed E-state index contributed by atoms with van der Waals surface area (Å²) in [5, 5.41) is 8.09. The summed E-state index contributed by atoms with van der Waals surface area (Å²) in [5.41, 5.74) is 3.24. The monoisotopic (exact) mass is 253 g/mol. The van der Waals surface area contributed by atoms with Crippen LogP contribution in [0.2, 0.25) is 0 Å². The average molecular weight is 253 g/mol. The maximum Gasteiger partial charge on any atom is 0.0659 e. The minimum Gasteiger partial charge on any atom is -0.309 e. The molecule has 19 heavy (non-hydrogen) atoms. The second kappa shape index (κ2) is 4.20. The molecule has 1 N–H and O–H groups in total. The maximum atomic E-state index is 4.52. The van der Waals surface area contributed by atoms with Crippen LogP contribution in [-0.2, 0) is 6.54 Å². The van der Waals surface area contributed by atoms with Crippen LogP contribution in [0.25, 0.3) is 0 Å². The summed E-state index contributed by atoms with van der Waals surface area (Å²) in [5.74, 6) is 0. The molecule has 1 aromatic heterocycles. The van der Waals surface area contributed by atoms with Crippen molar-refractivity contribution in [2.75, 3.05) is 6.54 Å². The predicted octanol–water partition coefficient (Wildman–Crippen LogP) is 2.75. The molecule has 3 heteroatoms. The van der Waals surface area contributed by atoms with Crippen LogP contribution in [0.4, 0.5) is 0 Å². The van der Waals surface area contributed by atoms with E-state index in [9.17, 15) is 0 Å². The number of nitrogens with one attached hydrogen (secondary N) is 1. The second-order valence-corrected chi connectivity index (χ2v) is 5.99. The summed E-state index contributed by atoms with van der Waals surface area (Å²) in [4.78, 5) is 0. The Balaban J connectivity index is 1.51. The lowest BCUT2D eigenvalue weighted by atomic mass is 9.58. The Bertz CT molecular complexity index is 563. The van der Waals surface area contributed by atoms with Gasteiger partial charge < -0.3 is 5.32 Å². The maximum absolute atomic E-state index is 4.52. The predicted molar refractivity (Wildman–Crippen MR) is 74.8 cm³/mol. The molecule has 1 aliphatic heterocycles. The Hall–Kier alpha value is -1.61. The quantitative estimate of drug-likeness (QED) is 0.911. The summed E-state index contributed by atoms with van der Waals surface area (Å²) >= 11 is 0. The van der Waals surface area contributed by atoms with E-state index in [1.165, 1.54) is 36.9 Å². The molecular formula is C16H19N3. The first-order valence-corrected chi connectivity index (χ1v) is 7.15. The third kappa shape index (κ3) is 1.80. The molecule has 0 radical (unpaired) electrons. The van der Waals surface area contributed by atoms with Gasteiger partial charge in [-0.25, -0.2) is 0 Å². The van der Waals surface area contributed by atoms with E-state index in [0.717, 1.165) is 6.54 Å². The van der Waals surface area contributed by atoms with E-state index in [4.69, 9.17) is 0 Å². The Labute approximate surface area is 113 Å². The number of aromatic nitrogens is 2. The van der Waals surface area contributed by atoms with Crippen molar-refractivity contribution in [2.45, 2.75) is 31.8 Å². The van der Waals surface area contributed by atoms with Gasteiger partial charge in [0.05, 0.1) is 12.7 Å². The van der Waals surface area contributed by atoms with E-state index in [2.05, 4.69) is 51.6 Å². The molecule has 3 nitrogen and oxygen atoms in total. The van der Waals surface area contributed by atoms with Gasteiger partial charge in [-0.2, -0.15) is 5.10 Å². The molecule has 1 spiro atoms. The lowest BCUT2D eigenvalue weighted by molar-refractivity contribution is -0.00568. The number of nitrogens with zero attached hydrogens (tertiary/aromatic N) is 2. The summed E-state index contributed by atoms with van der Waals surface area (Å²) in [6, 6.07) is 11.1. The van der Waals surface area contributed by atoms with Crippen molar-refractivity contribution in [3.63, 3.8) is 0 Å². The van der Waals surface area contributed by atoms with E-state index in [0.29, 0.717) is 11.5 Å². The molecule has 2 aliphatic rings. The summed E-state index contributed by atoms with van der Waals surface area (Å²) in [6.07, 6.45) is 8.42. The summed E-state index contributed by atoms with van der Waals surface area (Å²) in [6.45, 7) is 2.06. The zero-order valence-electron chi connectivity index (χ0n) is 11.0. The van der Waals surface area contributed by atoms with E-state index in [1.54, 1.807) is 0 Å². The minimum atomic E-state index is 0.547. The van der Waals surface area contributed by atoms with Crippen molar-refractivity contribution in [1.29, 1.82) is 0 Å². The summed E-state index contributed by atoms with van der Waals surface area (Å²) < 4.78 is 2.05. The molecule has 98 valence electrons. The van der Waals surface area contributed by atoms with Gasteiger partial charge in [0, 0.05) is 29.8 Å². The lowest BCUT2D eigenvalue weighted by Crippen LogP contribution is -2.59. The molecule has 2 aromatic rings. The highest BCUT2D eigenvalue weighted by molar-refractivity contribution is 5.23. The Morgan fingerprint density at radius 2 is 2.11 bits per heavy atom. The third-order valence-corrected chi connectivity index (χ3v) is 4.79. The van der Waals surface area contributed by atoms with E-state index in [-0.39, 0.29) is 0 Å². The SMILES string of the molecule is c1ccc(Cn2cc(C3NCC34CCC4)cn2)cc1. The normalized spacial score (nSPS) is 23.9. The van der Waals surface area contributed by atoms with E-state index >= 15 is 0 Å². The van der Waals surface area contributed by atoms with Crippen LogP contribution in [0.1, 0.15) is 36.4 Å². The van der Waals surface area contributed by atoms with Gasteiger partial charge in [-0.15, -0.1) is 0 Å². The standard InChI is InChI=1S/C16H19N3/c1-2-5-13(6-3-1)10-19-11-14(9-18-19)15-16(12-17-15)7-4-8-16/h1-3,5-6,9,11,15,17H,4,7-8,10,12H2. The fraction of sp³-hybridized carbons (Fsp3) is 0.438. The molecule has 2 fully saturated rings. The molecule has 1 atom stereocenters. The van der Waals surface area contributed by atoms with Crippen LogP contribution in [0.3, 0.4) is 0 Å². The Morgan fingerprint density at radius 1 is 1.26 bits per heavy atom. The van der Waals surface area contributed by atoms with Gasteiger partial charge in [0.15, 0.2) is 0 Å². The van der Waals surface area contributed by atoms with Crippen molar-refractivity contribution in [2.24, 2.45) is 5.41 Å². The summed E-state index contributed by atoms with van der Waals surface area (Å²) in [7, 11) is 0. The van der Waals surface area contributed by atoms with Crippen molar-refractivity contribution in [3.8, 4) is 0 Å². The zero-order valence-corrected chi connectivity index (χ0v) is 11.0.